The monoisotopic (exact) mass is 295 g/mol. The fraction of sp³-hybridized carbons (Fsp3) is 0.562. The number of rotatable bonds is 5. The van der Waals surface area contributed by atoms with E-state index >= 15 is 0 Å². The van der Waals surface area contributed by atoms with Crippen molar-refractivity contribution in [1.82, 2.24) is 5.32 Å². The molecule has 2 fully saturated rings. The molecule has 1 saturated heterocycles. The maximum atomic E-state index is 12.3. The number of halogens is 2. The molecule has 3 atom stereocenters. The molecule has 0 amide bonds. The molecule has 0 aromatic heterocycles. The summed E-state index contributed by atoms with van der Waals surface area (Å²) in [4.78, 5) is 12.3. The SMILES string of the molecule is O=C(CC1NCC2CCCC21)c1cccc(OC(F)F)c1. The molecule has 1 aromatic rings. The van der Waals surface area contributed by atoms with Gasteiger partial charge in [0.2, 0.25) is 0 Å². The molecule has 1 aliphatic carbocycles. The van der Waals surface area contributed by atoms with Crippen LogP contribution in [0.3, 0.4) is 0 Å². The number of hydrogen-bond donors (Lipinski definition) is 1. The van der Waals surface area contributed by atoms with Crippen molar-refractivity contribution in [2.24, 2.45) is 11.8 Å². The van der Waals surface area contributed by atoms with Gasteiger partial charge in [0, 0.05) is 18.0 Å². The van der Waals surface area contributed by atoms with Crippen molar-refractivity contribution in [3.8, 4) is 5.75 Å². The molecule has 1 heterocycles. The van der Waals surface area contributed by atoms with Crippen LogP contribution in [0.25, 0.3) is 0 Å². The van der Waals surface area contributed by atoms with E-state index in [1.54, 1.807) is 12.1 Å². The third-order valence-corrected chi connectivity index (χ3v) is 4.66. The van der Waals surface area contributed by atoms with E-state index < -0.39 is 6.61 Å². The Balaban J connectivity index is 1.65. The number of carbonyl (C=O) groups excluding carboxylic acids is 1. The van der Waals surface area contributed by atoms with E-state index in [9.17, 15) is 13.6 Å². The summed E-state index contributed by atoms with van der Waals surface area (Å²) in [6, 6.07) is 6.29. The summed E-state index contributed by atoms with van der Waals surface area (Å²) >= 11 is 0. The summed E-state index contributed by atoms with van der Waals surface area (Å²) in [6.45, 7) is -1.87. The van der Waals surface area contributed by atoms with Crippen LogP contribution in [0.2, 0.25) is 0 Å². The molecule has 2 aliphatic rings. The van der Waals surface area contributed by atoms with Gasteiger partial charge < -0.3 is 10.1 Å². The highest BCUT2D eigenvalue weighted by Gasteiger charge is 2.39. The lowest BCUT2D eigenvalue weighted by atomic mass is 9.90. The minimum absolute atomic E-state index is 0.0141. The van der Waals surface area contributed by atoms with Crippen molar-refractivity contribution in [2.45, 2.75) is 38.3 Å². The number of nitrogens with one attached hydrogen (secondary N) is 1. The van der Waals surface area contributed by atoms with Crippen molar-refractivity contribution < 1.29 is 18.3 Å². The average Bonchev–Trinajstić information content (AvgIpc) is 3.03. The van der Waals surface area contributed by atoms with Crippen LogP contribution in [0.4, 0.5) is 8.78 Å². The van der Waals surface area contributed by atoms with Crippen molar-refractivity contribution in [2.75, 3.05) is 6.54 Å². The largest absolute Gasteiger partial charge is 0.435 e. The average molecular weight is 295 g/mol. The van der Waals surface area contributed by atoms with Crippen LogP contribution in [-0.4, -0.2) is 25.0 Å². The first-order valence-corrected chi connectivity index (χ1v) is 7.45. The maximum absolute atomic E-state index is 12.3. The summed E-state index contributed by atoms with van der Waals surface area (Å²) in [7, 11) is 0. The lowest BCUT2D eigenvalue weighted by Gasteiger charge is -2.17. The lowest BCUT2D eigenvalue weighted by Crippen LogP contribution is -2.29. The van der Waals surface area contributed by atoms with Crippen LogP contribution in [0.1, 0.15) is 36.0 Å². The summed E-state index contributed by atoms with van der Waals surface area (Å²) in [5, 5.41) is 3.43. The van der Waals surface area contributed by atoms with E-state index in [4.69, 9.17) is 0 Å². The summed E-state index contributed by atoms with van der Waals surface area (Å²) in [6.07, 6.45) is 4.11. The first-order chi connectivity index (χ1) is 10.1. The van der Waals surface area contributed by atoms with Crippen LogP contribution < -0.4 is 10.1 Å². The zero-order chi connectivity index (χ0) is 14.8. The third-order valence-electron chi connectivity index (χ3n) is 4.66. The molecular formula is C16H19F2NO2. The van der Waals surface area contributed by atoms with E-state index in [-0.39, 0.29) is 17.6 Å². The molecule has 1 saturated carbocycles. The Morgan fingerprint density at radius 2 is 2.24 bits per heavy atom. The predicted molar refractivity (Wildman–Crippen MR) is 74.6 cm³/mol. The summed E-state index contributed by atoms with van der Waals surface area (Å²) in [5.74, 6) is 1.32. The first kappa shape index (κ1) is 14.4. The third kappa shape index (κ3) is 3.23. The highest BCUT2D eigenvalue weighted by atomic mass is 19.3. The minimum Gasteiger partial charge on any atom is -0.435 e. The number of fused-ring (bicyclic) bond motifs is 1. The predicted octanol–water partition coefficient (Wildman–Crippen LogP) is 3.25. The fourth-order valence-electron chi connectivity index (χ4n) is 3.69. The topological polar surface area (TPSA) is 38.3 Å². The van der Waals surface area contributed by atoms with Gasteiger partial charge in [-0.25, -0.2) is 0 Å². The van der Waals surface area contributed by atoms with Gasteiger partial charge in [-0.15, -0.1) is 0 Å². The van der Waals surface area contributed by atoms with Gasteiger partial charge >= 0.3 is 6.61 Å². The lowest BCUT2D eigenvalue weighted by molar-refractivity contribution is -0.0498. The smallest absolute Gasteiger partial charge is 0.387 e. The highest BCUT2D eigenvalue weighted by Crippen LogP contribution is 2.39. The van der Waals surface area contributed by atoms with Crippen LogP contribution >= 0.6 is 0 Å². The Morgan fingerprint density at radius 1 is 1.38 bits per heavy atom. The van der Waals surface area contributed by atoms with Gasteiger partial charge in [0.25, 0.3) is 0 Å². The molecule has 0 bridgehead atoms. The standard InChI is InChI=1S/C16H19F2NO2/c17-16(18)21-12-5-1-3-10(7-12)15(20)8-14-13-6-2-4-11(13)9-19-14/h1,3,5,7,11,13-14,16,19H,2,4,6,8-9H2. The van der Waals surface area contributed by atoms with E-state index in [1.165, 1.54) is 31.4 Å². The van der Waals surface area contributed by atoms with Crippen molar-refractivity contribution >= 4 is 5.78 Å². The first-order valence-electron chi connectivity index (χ1n) is 7.45. The van der Waals surface area contributed by atoms with Gasteiger partial charge in [0.1, 0.15) is 5.75 Å². The molecule has 3 rings (SSSR count). The fourth-order valence-corrected chi connectivity index (χ4v) is 3.69. The minimum atomic E-state index is -2.87. The number of carbonyl (C=O) groups is 1. The van der Waals surface area contributed by atoms with Gasteiger partial charge in [-0.3, -0.25) is 4.79 Å². The van der Waals surface area contributed by atoms with E-state index in [1.807, 2.05) is 0 Å². The Kier molecular flexibility index (Phi) is 4.19. The molecule has 3 unspecified atom stereocenters. The second kappa shape index (κ2) is 6.10. The summed E-state index contributed by atoms with van der Waals surface area (Å²) < 4.78 is 28.8. The van der Waals surface area contributed by atoms with Crippen LogP contribution in [0.5, 0.6) is 5.75 Å². The van der Waals surface area contributed by atoms with Gasteiger partial charge in [0.05, 0.1) is 0 Å². The van der Waals surface area contributed by atoms with E-state index in [0.29, 0.717) is 23.8 Å². The second-order valence-electron chi connectivity index (χ2n) is 5.90. The molecule has 0 spiro atoms. The van der Waals surface area contributed by atoms with Crippen LogP contribution in [-0.2, 0) is 0 Å². The molecule has 1 N–H and O–H groups in total. The molecular weight excluding hydrogens is 276 g/mol. The molecule has 21 heavy (non-hydrogen) atoms. The number of alkyl halides is 2. The maximum Gasteiger partial charge on any atom is 0.387 e. The van der Waals surface area contributed by atoms with Crippen LogP contribution in [0, 0.1) is 11.8 Å². The van der Waals surface area contributed by atoms with Gasteiger partial charge in [-0.2, -0.15) is 8.78 Å². The number of ketones is 1. The normalized spacial score (nSPS) is 27.9. The Morgan fingerprint density at radius 3 is 3.05 bits per heavy atom. The van der Waals surface area contributed by atoms with Crippen molar-refractivity contribution in [1.29, 1.82) is 0 Å². The Hall–Kier alpha value is -1.49. The number of hydrogen-bond acceptors (Lipinski definition) is 3. The zero-order valence-corrected chi connectivity index (χ0v) is 11.7. The summed E-state index contributed by atoms with van der Waals surface area (Å²) in [5.41, 5.74) is 0.441. The molecule has 0 radical (unpaired) electrons. The molecule has 114 valence electrons. The van der Waals surface area contributed by atoms with Crippen molar-refractivity contribution in [3.63, 3.8) is 0 Å². The van der Waals surface area contributed by atoms with Gasteiger partial charge in [-0.1, -0.05) is 18.6 Å². The molecule has 5 heteroatoms. The molecule has 1 aliphatic heterocycles. The van der Waals surface area contributed by atoms with Gasteiger partial charge in [-0.05, 0) is 43.4 Å². The Bertz CT molecular complexity index is 521. The van der Waals surface area contributed by atoms with E-state index in [0.717, 1.165) is 6.54 Å². The quantitative estimate of drug-likeness (QED) is 0.847. The molecule has 3 nitrogen and oxygen atoms in total. The zero-order valence-electron chi connectivity index (χ0n) is 11.7. The highest BCUT2D eigenvalue weighted by molar-refractivity contribution is 5.96. The number of ether oxygens (including phenoxy) is 1. The van der Waals surface area contributed by atoms with E-state index in [2.05, 4.69) is 10.1 Å². The van der Waals surface area contributed by atoms with Crippen molar-refractivity contribution in [3.05, 3.63) is 29.8 Å². The van der Waals surface area contributed by atoms with Gasteiger partial charge in [0.15, 0.2) is 5.78 Å². The second-order valence-corrected chi connectivity index (χ2v) is 5.90. The van der Waals surface area contributed by atoms with Crippen LogP contribution in [0.15, 0.2) is 24.3 Å². The number of Topliss-reactive ketones (excluding diaryl/α,β-unsaturated/α-hetero) is 1. The molecule has 1 aromatic carbocycles. The number of benzene rings is 1. The Labute approximate surface area is 122 Å².